The van der Waals surface area contributed by atoms with Crippen LogP contribution in [-0.4, -0.2) is 66.8 Å². The number of ether oxygens (including phenoxy) is 1. The smallest absolute Gasteiger partial charge is 0.254 e. The number of hydrogen-bond acceptors (Lipinski definition) is 5. The number of nitrogens with one attached hydrogen (secondary N) is 2. The summed E-state index contributed by atoms with van der Waals surface area (Å²) in [4.78, 5) is 26.7. The molecule has 0 unspecified atom stereocenters. The van der Waals surface area contributed by atoms with Crippen molar-refractivity contribution in [2.45, 2.75) is 25.1 Å². The molecule has 166 valence electrons. The third-order valence-electron chi connectivity index (χ3n) is 5.74. The third kappa shape index (κ3) is 5.62. The van der Waals surface area contributed by atoms with Crippen molar-refractivity contribution in [2.75, 3.05) is 32.8 Å². The summed E-state index contributed by atoms with van der Waals surface area (Å²) in [5.41, 5.74) is 3.49. The first-order valence-corrected chi connectivity index (χ1v) is 10.4. The van der Waals surface area contributed by atoms with E-state index in [0.29, 0.717) is 44.0 Å². The lowest BCUT2D eigenvalue weighted by Gasteiger charge is -2.30. The molecule has 0 radical (unpaired) electrons. The molecule has 1 fully saturated rings. The zero-order valence-electron chi connectivity index (χ0n) is 17.3. The second-order valence-electron chi connectivity index (χ2n) is 7.72. The van der Waals surface area contributed by atoms with Gasteiger partial charge in [-0.3, -0.25) is 9.59 Å². The molecule has 2 aromatic carbocycles. The number of aliphatic hydroxyl groups is 1. The van der Waals surface area contributed by atoms with Gasteiger partial charge < -0.3 is 25.4 Å². The van der Waals surface area contributed by atoms with Crippen molar-refractivity contribution in [3.05, 3.63) is 70.8 Å². The minimum absolute atomic E-state index is 0. The van der Waals surface area contributed by atoms with Crippen molar-refractivity contribution < 1.29 is 19.4 Å². The van der Waals surface area contributed by atoms with E-state index in [2.05, 4.69) is 22.8 Å². The molecule has 2 aliphatic heterocycles. The molecule has 0 aliphatic carbocycles. The van der Waals surface area contributed by atoms with Crippen LogP contribution in [0.15, 0.2) is 48.5 Å². The van der Waals surface area contributed by atoms with Crippen LogP contribution in [-0.2, 0) is 17.7 Å². The minimum atomic E-state index is -0.690. The molecule has 2 heterocycles. The summed E-state index contributed by atoms with van der Waals surface area (Å²) in [5.74, 6) is -0.319. The molecule has 8 heteroatoms. The van der Waals surface area contributed by atoms with Gasteiger partial charge in [-0.2, -0.15) is 0 Å². The number of fused-ring (bicyclic) bond motifs is 1. The van der Waals surface area contributed by atoms with Gasteiger partial charge in [-0.05, 0) is 41.8 Å². The van der Waals surface area contributed by atoms with E-state index in [1.807, 2.05) is 12.1 Å². The normalized spacial score (nSPS) is 19.0. The Hall–Kier alpha value is -2.45. The minimum Gasteiger partial charge on any atom is -0.390 e. The average molecular weight is 446 g/mol. The van der Waals surface area contributed by atoms with E-state index in [9.17, 15) is 14.7 Å². The number of halogens is 1. The Balaban J connectivity index is 0.00000272. The number of benzene rings is 2. The topological polar surface area (TPSA) is 90.9 Å². The van der Waals surface area contributed by atoms with Gasteiger partial charge in [-0.25, -0.2) is 0 Å². The first-order valence-electron chi connectivity index (χ1n) is 10.4. The molecule has 2 aliphatic rings. The molecule has 0 aromatic heterocycles. The van der Waals surface area contributed by atoms with Crippen molar-refractivity contribution in [3.8, 4) is 0 Å². The number of morpholine rings is 1. The first kappa shape index (κ1) is 23.2. The van der Waals surface area contributed by atoms with Crippen LogP contribution >= 0.6 is 12.4 Å². The molecule has 7 nitrogen and oxygen atoms in total. The average Bonchev–Trinajstić information content (AvgIpc) is 2.82. The maximum atomic E-state index is 12.5. The second kappa shape index (κ2) is 10.7. The van der Waals surface area contributed by atoms with Crippen LogP contribution in [0.3, 0.4) is 0 Å². The SMILES string of the molecule is Cl.O=C(NC[C@H](O)[C@@H]1Cc2ccccc2CN1)c1ccc(C(=O)N2CCOCC2)cc1. The summed E-state index contributed by atoms with van der Waals surface area (Å²) in [6.07, 6.45) is 0.0374. The lowest BCUT2D eigenvalue weighted by atomic mass is 9.93. The maximum absolute atomic E-state index is 12.5. The van der Waals surface area contributed by atoms with Gasteiger partial charge in [0.2, 0.25) is 0 Å². The third-order valence-corrected chi connectivity index (χ3v) is 5.74. The van der Waals surface area contributed by atoms with Crippen LogP contribution in [0.25, 0.3) is 0 Å². The van der Waals surface area contributed by atoms with Gasteiger partial charge in [0.25, 0.3) is 11.8 Å². The molecule has 3 N–H and O–H groups in total. The fourth-order valence-electron chi connectivity index (χ4n) is 3.91. The fraction of sp³-hybridized carbons (Fsp3) is 0.391. The molecule has 2 atom stereocenters. The van der Waals surface area contributed by atoms with E-state index in [-0.39, 0.29) is 36.8 Å². The standard InChI is InChI=1S/C23H27N3O4.ClH/c27-21(20-13-18-3-1-2-4-19(18)14-24-20)15-25-22(28)16-5-7-17(8-6-16)23(29)26-9-11-30-12-10-26;/h1-8,20-21,24,27H,9-15H2,(H,25,28);1H/t20-,21-;/m0./s1. The summed E-state index contributed by atoms with van der Waals surface area (Å²) in [5, 5.41) is 16.6. The summed E-state index contributed by atoms with van der Waals surface area (Å²) in [7, 11) is 0. The van der Waals surface area contributed by atoms with E-state index in [0.717, 1.165) is 6.42 Å². The number of rotatable bonds is 5. The maximum Gasteiger partial charge on any atom is 0.254 e. The Morgan fingerprint density at radius 3 is 2.42 bits per heavy atom. The quantitative estimate of drug-likeness (QED) is 0.647. The van der Waals surface area contributed by atoms with E-state index >= 15 is 0 Å². The van der Waals surface area contributed by atoms with Gasteiger partial charge in [0, 0.05) is 43.3 Å². The Bertz CT molecular complexity index is 900. The zero-order chi connectivity index (χ0) is 20.9. The highest BCUT2D eigenvalue weighted by atomic mass is 35.5. The summed E-state index contributed by atoms with van der Waals surface area (Å²) >= 11 is 0. The van der Waals surface area contributed by atoms with E-state index in [1.54, 1.807) is 29.2 Å². The number of hydrogen-bond donors (Lipinski definition) is 3. The number of carbonyl (C=O) groups excluding carboxylic acids is 2. The van der Waals surface area contributed by atoms with Crippen LogP contribution in [0.5, 0.6) is 0 Å². The summed E-state index contributed by atoms with van der Waals surface area (Å²) < 4.78 is 5.27. The predicted octanol–water partition coefficient (Wildman–Crippen LogP) is 1.39. The molecular formula is C23H28ClN3O4. The van der Waals surface area contributed by atoms with Gasteiger partial charge in [0.15, 0.2) is 0 Å². The van der Waals surface area contributed by atoms with Crippen LogP contribution in [0.1, 0.15) is 31.8 Å². The first-order chi connectivity index (χ1) is 14.6. The zero-order valence-corrected chi connectivity index (χ0v) is 18.1. The van der Waals surface area contributed by atoms with Gasteiger partial charge in [0.1, 0.15) is 0 Å². The lowest BCUT2D eigenvalue weighted by molar-refractivity contribution is 0.0303. The molecule has 0 spiro atoms. The highest BCUT2D eigenvalue weighted by Gasteiger charge is 2.25. The van der Waals surface area contributed by atoms with Crippen LogP contribution < -0.4 is 10.6 Å². The van der Waals surface area contributed by atoms with Gasteiger partial charge in [-0.1, -0.05) is 24.3 Å². The largest absolute Gasteiger partial charge is 0.390 e. The highest BCUT2D eigenvalue weighted by Crippen LogP contribution is 2.18. The number of aliphatic hydroxyl groups excluding tert-OH is 1. The van der Waals surface area contributed by atoms with E-state index in [4.69, 9.17) is 4.74 Å². The lowest BCUT2D eigenvalue weighted by Crippen LogP contribution is -2.49. The molecule has 2 amide bonds. The molecule has 0 saturated carbocycles. The molecular weight excluding hydrogens is 418 g/mol. The van der Waals surface area contributed by atoms with E-state index in [1.165, 1.54) is 11.1 Å². The summed E-state index contributed by atoms with van der Waals surface area (Å²) in [6.45, 7) is 3.14. The Labute approximate surface area is 188 Å². The van der Waals surface area contributed by atoms with E-state index < -0.39 is 6.10 Å². The number of nitrogens with zero attached hydrogens (tertiary/aromatic N) is 1. The second-order valence-corrected chi connectivity index (χ2v) is 7.72. The molecule has 2 aromatic rings. The van der Waals surface area contributed by atoms with Gasteiger partial charge >= 0.3 is 0 Å². The Kier molecular flexibility index (Phi) is 8.03. The van der Waals surface area contributed by atoms with Crippen LogP contribution in [0.2, 0.25) is 0 Å². The van der Waals surface area contributed by atoms with Crippen LogP contribution in [0, 0.1) is 0 Å². The molecule has 4 rings (SSSR count). The number of carbonyl (C=O) groups is 2. The Morgan fingerprint density at radius 2 is 1.71 bits per heavy atom. The van der Waals surface area contributed by atoms with Gasteiger partial charge in [-0.15, -0.1) is 12.4 Å². The molecule has 0 bridgehead atoms. The van der Waals surface area contributed by atoms with Crippen molar-refractivity contribution >= 4 is 24.2 Å². The predicted molar refractivity (Wildman–Crippen MR) is 120 cm³/mol. The van der Waals surface area contributed by atoms with Crippen molar-refractivity contribution in [3.63, 3.8) is 0 Å². The van der Waals surface area contributed by atoms with Gasteiger partial charge in [0.05, 0.1) is 19.3 Å². The monoisotopic (exact) mass is 445 g/mol. The van der Waals surface area contributed by atoms with Crippen molar-refractivity contribution in [2.24, 2.45) is 0 Å². The highest BCUT2D eigenvalue weighted by molar-refractivity contribution is 5.97. The summed E-state index contributed by atoms with van der Waals surface area (Å²) in [6, 6.07) is 14.7. The van der Waals surface area contributed by atoms with Crippen molar-refractivity contribution in [1.82, 2.24) is 15.5 Å². The fourth-order valence-corrected chi connectivity index (χ4v) is 3.91. The molecule has 31 heavy (non-hydrogen) atoms. The van der Waals surface area contributed by atoms with Crippen LogP contribution in [0.4, 0.5) is 0 Å². The Morgan fingerprint density at radius 1 is 1.06 bits per heavy atom. The molecule has 1 saturated heterocycles. The van der Waals surface area contributed by atoms with Crippen molar-refractivity contribution in [1.29, 1.82) is 0 Å². The number of amides is 2.